The molecule has 0 unspecified atom stereocenters. The van der Waals surface area contributed by atoms with E-state index in [1.54, 1.807) is 4.72 Å². The molecule has 7 nitrogen and oxygen atoms in total. The minimum Gasteiger partial charge on any atom is -0.268 e. The maximum atomic E-state index is 13.9. The third kappa shape index (κ3) is 4.42. The molecule has 0 amide bonds. The average Bonchev–Trinajstić information content (AvgIpc) is 2.46. The second kappa shape index (κ2) is 6.29. The molecule has 0 bridgehead atoms. The molecule has 25 heavy (non-hydrogen) atoms. The fraction of sp³-hybridized carbons (Fsp3) is 0.0769. The van der Waals surface area contributed by atoms with Crippen LogP contribution >= 0.6 is 0 Å². The van der Waals surface area contributed by atoms with Crippen molar-refractivity contribution in [3.05, 3.63) is 57.9 Å². The lowest BCUT2D eigenvalue weighted by molar-refractivity contribution is -0.388. The summed E-state index contributed by atoms with van der Waals surface area (Å²) in [5.41, 5.74) is -3.14. The fourth-order valence-corrected chi connectivity index (χ4v) is 2.50. The molecule has 0 aromatic heterocycles. The molecule has 0 heterocycles. The number of anilines is 1. The molecule has 0 saturated heterocycles. The first kappa shape index (κ1) is 18.6. The van der Waals surface area contributed by atoms with Crippen LogP contribution in [0.3, 0.4) is 0 Å². The summed E-state index contributed by atoms with van der Waals surface area (Å²) < 4.78 is 75.7. The van der Waals surface area contributed by atoms with Gasteiger partial charge in [-0.05, 0) is 29.3 Å². The van der Waals surface area contributed by atoms with Gasteiger partial charge in [0.25, 0.3) is 15.9 Å². The smallest absolute Gasteiger partial charge is 0.268 e. The van der Waals surface area contributed by atoms with Gasteiger partial charge in [0, 0.05) is 6.07 Å². The van der Waals surface area contributed by atoms with Crippen molar-refractivity contribution in [1.82, 2.24) is 0 Å². The molecule has 2 rings (SSSR count). The molecule has 0 aliphatic carbocycles. The lowest BCUT2D eigenvalue weighted by Gasteiger charge is -2.10. The first-order valence-corrected chi connectivity index (χ1v) is 7.89. The Bertz CT molecular complexity index is 945. The molecule has 0 aliphatic rings. The highest BCUT2D eigenvalue weighted by Crippen LogP contribution is 2.38. The molecule has 0 aliphatic heterocycles. The van der Waals surface area contributed by atoms with Gasteiger partial charge < -0.3 is 0 Å². The lowest BCUT2D eigenvalue weighted by Crippen LogP contribution is -2.22. The fourth-order valence-electron chi connectivity index (χ4n) is 2.03. The van der Waals surface area contributed by atoms with Crippen molar-refractivity contribution in [2.24, 2.45) is 5.14 Å². The van der Waals surface area contributed by atoms with Crippen molar-refractivity contribution < 1.29 is 30.9 Å². The quantitative estimate of drug-likeness (QED) is 0.483. The summed E-state index contributed by atoms with van der Waals surface area (Å²) >= 11 is 0. The number of alkyl halides is 3. The minimum absolute atomic E-state index is 0.00861. The van der Waals surface area contributed by atoms with E-state index >= 15 is 0 Å². The molecule has 2 aromatic rings. The van der Waals surface area contributed by atoms with E-state index in [0.717, 1.165) is 18.2 Å². The van der Waals surface area contributed by atoms with Gasteiger partial charge in [-0.25, -0.2) is 9.53 Å². The van der Waals surface area contributed by atoms with Crippen LogP contribution in [0, 0.1) is 15.9 Å². The van der Waals surface area contributed by atoms with Gasteiger partial charge in [0.05, 0.1) is 10.6 Å². The number of rotatable bonds is 4. The van der Waals surface area contributed by atoms with E-state index in [1.807, 2.05) is 0 Å². The normalized spacial score (nSPS) is 12.0. The molecule has 0 atom stereocenters. The maximum absolute atomic E-state index is 13.9. The number of hydrogen-bond donors (Lipinski definition) is 2. The number of benzene rings is 2. The van der Waals surface area contributed by atoms with Crippen molar-refractivity contribution in [3.8, 4) is 11.1 Å². The van der Waals surface area contributed by atoms with Gasteiger partial charge in [-0.3, -0.25) is 14.8 Å². The van der Waals surface area contributed by atoms with E-state index in [2.05, 4.69) is 0 Å². The molecular weight excluding hydrogens is 370 g/mol. The molecule has 2 aromatic carbocycles. The minimum atomic E-state index is -4.92. The van der Waals surface area contributed by atoms with Gasteiger partial charge in [0.2, 0.25) is 0 Å². The van der Waals surface area contributed by atoms with Crippen LogP contribution in [-0.4, -0.2) is 13.3 Å². The predicted octanol–water partition coefficient (Wildman–Crippen LogP) is 3.04. The number of nitro benzene ring substituents is 1. The standard InChI is InChI=1S/C13H9F4N3O4S/c14-10-5-7(2-4-11(10)19-25(18,23)24)8-1-3-9(13(15,16)17)12(6-8)20(21)22/h1-6,19H,(H2,18,23,24). The van der Waals surface area contributed by atoms with Crippen LogP contribution in [0.15, 0.2) is 36.4 Å². The summed E-state index contributed by atoms with van der Waals surface area (Å²) in [6, 6.07) is 5.07. The Morgan fingerprint density at radius 3 is 2.12 bits per heavy atom. The van der Waals surface area contributed by atoms with Crippen LogP contribution in [0.4, 0.5) is 28.9 Å². The highest BCUT2D eigenvalue weighted by Gasteiger charge is 2.38. The zero-order valence-electron chi connectivity index (χ0n) is 12.0. The van der Waals surface area contributed by atoms with Crippen LogP contribution in [0.5, 0.6) is 0 Å². The number of halogens is 4. The largest absolute Gasteiger partial charge is 0.422 e. The van der Waals surface area contributed by atoms with Gasteiger partial charge in [-0.2, -0.15) is 21.6 Å². The Balaban J connectivity index is 2.51. The number of nitrogens with zero attached hydrogens (tertiary/aromatic N) is 1. The van der Waals surface area contributed by atoms with E-state index in [0.29, 0.717) is 12.1 Å². The van der Waals surface area contributed by atoms with Gasteiger partial charge in [-0.15, -0.1) is 0 Å². The van der Waals surface area contributed by atoms with E-state index < -0.39 is 44.1 Å². The molecule has 3 N–H and O–H groups in total. The Morgan fingerprint density at radius 1 is 1.08 bits per heavy atom. The summed E-state index contributed by atoms with van der Waals surface area (Å²) in [5, 5.41) is 15.6. The zero-order valence-corrected chi connectivity index (χ0v) is 12.9. The van der Waals surface area contributed by atoms with Crippen LogP contribution < -0.4 is 9.86 Å². The Labute approximate surface area is 138 Å². The Kier molecular flexibility index (Phi) is 4.68. The topological polar surface area (TPSA) is 115 Å². The lowest BCUT2D eigenvalue weighted by atomic mass is 10.0. The molecule has 0 radical (unpaired) electrons. The maximum Gasteiger partial charge on any atom is 0.422 e. The molecule has 0 spiro atoms. The van der Waals surface area contributed by atoms with E-state index in [4.69, 9.17) is 5.14 Å². The van der Waals surface area contributed by atoms with Crippen LogP contribution in [0.1, 0.15) is 5.56 Å². The number of nitrogens with two attached hydrogens (primary N) is 1. The monoisotopic (exact) mass is 379 g/mol. The SMILES string of the molecule is NS(=O)(=O)Nc1ccc(-c2ccc(C(F)(F)F)c([N+](=O)[O-])c2)cc1F. The summed E-state index contributed by atoms with van der Waals surface area (Å²) in [4.78, 5) is 9.68. The highest BCUT2D eigenvalue weighted by molar-refractivity contribution is 7.90. The van der Waals surface area contributed by atoms with E-state index in [9.17, 15) is 36.1 Å². The third-order valence-corrected chi connectivity index (χ3v) is 3.56. The van der Waals surface area contributed by atoms with Crippen LogP contribution in [0.2, 0.25) is 0 Å². The van der Waals surface area contributed by atoms with Crippen LogP contribution in [-0.2, 0) is 16.4 Å². The van der Waals surface area contributed by atoms with Gasteiger partial charge >= 0.3 is 6.18 Å². The zero-order chi connectivity index (χ0) is 19.0. The summed E-state index contributed by atoms with van der Waals surface area (Å²) in [5.74, 6) is -1.06. The van der Waals surface area contributed by atoms with Gasteiger partial charge in [-0.1, -0.05) is 12.1 Å². The first-order chi connectivity index (χ1) is 11.4. The Hall–Kier alpha value is -2.73. The third-order valence-electron chi connectivity index (χ3n) is 3.05. The molecular formula is C13H9F4N3O4S. The molecule has 0 saturated carbocycles. The van der Waals surface area contributed by atoms with Gasteiger partial charge in [0.1, 0.15) is 11.4 Å². The number of hydrogen-bond acceptors (Lipinski definition) is 4. The first-order valence-electron chi connectivity index (χ1n) is 6.34. The number of nitro groups is 1. The van der Waals surface area contributed by atoms with Crippen LogP contribution in [0.25, 0.3) is 11.1 Å². The molecule has 0 fully saturated rings. The Morgan fingerprint density at radius 2 is 1.64 bits per heavy atom. The summed E-state index contributed by atoms with van der Waals surface area (Å²) in [6.45, 7) is 0. The van der Waals surface area contributed by atoms with Crippen molar-refractivity contribution in [3.63, 3.8) is 0 Å². The number of nitrogens with one attached hydrogen (secondary N) is 1. The predicted molar refractivity (Wildman–Crippen MR) is 80.2 cm³/mol. The molecule has 12 heteroatoms. The second-order valence-electron chi connectivity index (χ2n) is 4.83. The van der Waals surface area contributed by atoms with Crippen molar-refractivity contribution >= 4 is 21.6 Å². The van der Waals surface area contributed by atoms with Crippen molar-refractivity contribution in [2.75, 3.05) is 4.72 Å². The van der Waals surface area contributed by atoms with Crippen molar-refractivity contribution in [1.29, 1.82) is 0 Å². The van der Waals surface area contributed by atoms with E-state index in [-0.39, 0.29) is 11.1 Å². The summed E-state index contributed by atoms with van der Waals surface area (Å²) in [6.07, 6.45) is -4.92. The summed E-state index contributed by atoms with van der Waals surface area (Å²) in [7, 11) is -4.22. The highest BCUT2D eigenvalue weighted by atomic mass is 32.2. The van der Waals surface area contributed by atoms with E-state index in [1.165, 1.54) is 6.07 Å². The second-order valence-corrected chi connectivity index (χ2v) is 6.12. The van der Waals surface area contributed by atoms with Gasteiger partial charge in [0.15, 0.2) is 0 Å². The average molecular weight is 379 g/mol. The molecule has 134 valence electrons. The van der Waals surface area contributed by atoms with Crippen molar-refractivity contribution in [2.45, 2.75) is 6.18 Å².